The number of esters is 1. The number of carbonyl (C=O) groups excluding carboxylic acids is 1. The first-order chi connectivity index (χ1) is 14.2. The number of methoxy groups -OCH3 is 1. The summed E-state index contributed by atoms with van der Waals surface area (Å²) in [7, 11) is 1.40. The molecule has 0 bridgehead atoms. The highest BCUT2D eigenvalue weighted by molar-refractivity contribution is 5.89. The maximum absolute atomic E-state index is 11.6. The molecule has 0 N–H and O–H groups in total. The van der Waals surface area contributed by atoms with Gasteiger partial charge >= 0.3 is 5.97 Å². The van der Waals surface area contributed by atoms with Crippen LogP contribution in [0.1, 0.15) is 27.0 Å². The molecule has 1 aliphatic heterocycles. The molecule has 4 nitrogen and oxygen atoms in total. The minimum Gasteiger partial charge on any atom is -0.465 e. The summed E-state index contributed by atoms with van der Waals surface area (Å²) in [6.45, 7) is 2.46. The molecule has 0 spiro atoms. The molecule has 0 saturated carbocycles. The van der Waals surface area contributed by atoms with Crippen LogP contribution in [0, 0.1) is 0 Å². The number of ether oxygens (including phenoxy) is 1. The van der Waals surface area contributed by atoms with Crippen molar-refractivity contribution >= 4 is 11.7 Å². The van der Waals surface area contributed by atoms with Gasteiger partial charge in [-0.1, -0.05) is 72.8 Å². The molecule has 29 heavy (non-hydrogen) atoms. The van der Waals surface area contributed by atoms with E-state index >= 15 is 0 Å². The second kappa shape index (κ2) is 8.65. The van der Waals surface area contributed by atoms with E-state index in [9.17, 15) is 4.79 Å². The van der Waals surface area contributed by atoms with Crippen LogP contribution in [0.25, 0.3) is 5.70 Å². The zero-order valence-electron chi connectivity index (χ0n) is 16.5. The van der Waals surface area contributed by atoms with Crippen LogP contribution in [-0.2, 0) is 17.8 Å². The van der Waals surface area contributed by atoms with E-state index in [-0.39, 0.29) is 5.97 Å². The van der Waals surface area contributed by atoms with Crippen LogP contribution in [0.2, 0.25) is 0 Å². The van der Waals surface area contributed by atoms with Crippen molar-refractivity contribution in [3.8, 4) is 0 Å². The van der Waals surface area contributed by atoms with Crippen LogP contribution in [0.15, 0.2) is 91.1 Å². The van der Waals surface area contributed by atoms with Gasteiger partial charge in [-0.25, -0.2) is 4.79 Å². The number of hydrogen-bond acceptors (Lipinski definition) is 4. The van der Waals surface area contributed by atoms with Gasteiger partial charge in [-0.2, -0.15) is 0 Å². The number of nitrogens with zero attached hydrogens (tertiary/aromatic N) is 2. The Morgan fingerprint density at radius 2 is 1.45 bits per heavy atom. The van der Waals surface area contributed by atoms with Gasteiger partial charge in [-0.3, -0.25) is 0 Å². The molecular weight excluding hydrogens is 360 g/mol. The van der Waals surface area contributed by atoms with Crippen LogP contribution < -0.4 is 0 Å². The lowest BCUT2D eigenvalue weighted by Crippen LogP contribution is -2.26. The van der Waals surface area contributed by atoms with Gasteiger partial charge in [-0.15, -0.1) is 0 Å². The van der Waals surface area contributed by atoms with Crippen molar-refractivity contribution in [2.75, 3.05) is 13.8 Å². The Labute approximate surface area is 171 Å². The van der Waals surface area contributed by atoms with E-state index in [4.69, 9.17) is 4.74 Å². The van der Waals surface area contributed by atoms with E-state index in [0.717, 1.165) is 25.3 Å². The number of carbonyl (C=O) groups is 1. The topological polar surface area (TPSA) is 32.8 Å². The number of hydrogen-bond donors (Lipinski definition) is 0. The van der Waals surface area contributed by atoms with Crippen molar-refractivity contribution in [2.24, 2.45) is 0 Å². The normalized spacial score (nSPS) is 13.3. The number of benzene rings is 3. The lowest BCUT2D eigenvalue weighted by Gasteiger charge is -2.24. The molecule has 4 heteroatoms. The Bertz CT molecular complexity index is 982. The smallest absolute Gasteiger partial charge is 0.337 e. The Morgan fingerprint density at radius 3 is 2.10 bits per heavy atom. The molecule has 1 aliphatic rings. The molecule has 0 atom stereocenters. The SMILES string of the molecule is COC(=O)c1ccc(CN2C=C(c3ccccc3)N(Cc3ccccc3)C2)cc1. The first kappa shape index (κ1) is 18.8. The Morgan fingerprint density at radius 1 is 0.828 bits per heavy atom. The number of rotatable bonds is 6. The largest absolute Gasteiger partial charge is 0.465 e. The zero-order valence-corrected chi connectivity index (χ0v) is 16.5. The second-order valence-corrected chi connectivity index (χ2v) is 7.14. The van der Waals surface area contributed by atoms with E-state index in [1.54, 1.807) is 0 Å². The second-order valence-electron chi connectivity index (χ2n) is 7.14. The van der Waals surface area contributed by atoms with Crippen LogP contribution in [0.5, 0.6) is 0 Å². The minimum atomic E-state index is -0.307. The van der Waals surface area contributed by atoms with E-state index in [1.807, 2.05) is 36.4 Å². The maximum atomic E-state index is 11.6. The van der Waals surface area contributed by atoms with E-state index in [2.05, 4.69) is 64.5 Å². The van der Waals surface area contributed by atoms with Gasteiger partial charge in [0, 0.05) is 19.3 Å². The third-order valence-corrected chi connectivity index (χ3v) is 5.04. The van der Waals surface area contributed by atoms with Crippen molar-refractivity contribution in [1.29, 1.82) is 0 Å². The molecule has 0 fully saturated rings. The molecule has 1 heterocycles. The Hall–Kier alpha value is -3.53. The summed E-state index contributed by atoms with van der Waals surface area (Å²) in [5, 5.41) is 0. The molecule has 146 valence electrons. The highest BCUT2D eigenvalue weighted by Crippen LogP contribution is 2.28. The summed E-state index contributed by atoms with van der Waals surface area (Å²) in [6.07, 6.45) is 2.23. The lowest BCUT2D eigenvalue weighted by atomic mass is 10.1. The first-order valence-corrected chi connectivity index (χ1v) is 9.70. The summed E-state index contributed by atoms with van der Waals surface area (Å²) < 4.78 is 4.78. The predicted molar refractivity (Wildman–Crippen MR) is 115 cm³/mol. The molecule has 0 unspecified atom stereocenters. The van der Waals surface area contributed by atoms with E-state index in [0.29, 0.717) is 5.56 Å². The van der Waals surface area contributed by atoms with Gasteiger partial charge in [0.2, 0.25) is 0 Å². The predicted octanol–water partition coefficient (Wildman–Crippen LogP) is 4.75. The fraction of sp³-hybridized carbons (Fsp3) is 0.160. The third kappa shape index (κ3) is 4.49. The van der Waals surface area contributed by atoms with E-state index in [1.165, 1.54) is 23.9 Å². The molecule has 4 rings (SSSR count). The van der Waals surface area contributed by atoms with Crippen molar-refractivity contribution in [2.45, 2.75) is 13.1 Å². The first-order valence-electron chi connectivity index (χ1n) is 9.70. The molecule has 0 radical (unpaired) electrons. The average Bonchev–Trinajstić information content (AvgIpc) is 3.17. The monoisotopic (exact) mass is 384 g/mol. The lowest BCUT2D eigenvalue weighted by molar-refractivity contribution is 0.0600. The summed E-state index contributed by atoms with van der Waals surface area (Å²) in [5.41, 5.74) is 5.46. The standard InChI is InChI=1S/C25H24N2O2/c1-29-25(28)23-14-12-21(13-15-23)16-26-18-24(22-10-6-3-7-11-22)27(19-26)17-20-8-4-2-5-9-20/h2-15,18H,16-17,19H2,1H3. The minimum absolute atomic E-state index is 0.307. The summed E-state index contributed by atoms with van der Waals surface area (Å²) in [5.74, 6) is -0.307. The highest BCUT2D eigenvalue weighted by Gasteiger charge is 2.22. The van der Waals surface area contributed by atoms with Crippen molar-refractivity contribution in [3.05, 3.63) is 113 Å². The zero-order chi connectivity index (χ0) is 20.1. The van der Waals surface area contributed by atoms with Crippen LogP contribution in [0.4, 0.5) is 0 Å². The van der Waals surface area contributed by atoms with Gasteiger partial charge in [0.15, 0.2) is 0 Å². The molecule has 0 aliphatic carbocycles. The molecule has 0 saturated heterocycles. The summed E-state index contributed by atoms with van der Waals surface area (Å²) in [4.78, 5) is 16.3. The van der Waals surface area contributed by atoms with Gasteiger partial charge < -0.3 is 14.5 Å². The van der Waals surface area contributed by atoms with Crippen molar-refractivity contribution < 1.29 is 9.53 Å². The molecule has 0 aromatic heterocycles. The van der Waals surface area contributed by atoms with Gasteiger partial charge in [0.25, 0.3) is 0 Å². The van der Waals surface area contributed by atoms with Crippen molar-refractivity contribution in [3.63, 3.8) is 0 Å². The Balaban J connectivity index is 1.53. The van der Waals surface area contributed by atoms with Crippen molar-refractivity contribution in [1.82, 2.24) is 9.80 Å². The Kier molecular flexibility index (Phi) is 5.61. The molecular formula is C25H24N2O2. The van der Waals surface area contributed by atoms with Crippen LogP contribution in [0.3, 0.4) is 0 Å². The quantitative estimate of drug-likeness (QED) is 0.575. The van der Waals surface area contributed by atoms with Gasteiger partial charge in [0.1, 0.15) is 0 Å². The molecule has 3 aromatic carbocycles. The fourth-order valence-corrected chi connectivity index (χ4v) is 3.59. The van der Waals surface area contributed by atoms with Crippen LogP contribution in [-0.4, -0.2) is 29.5 Å². The maximum Gasteiger partial charge on any atom is 0.337 e. The average molecular weight is 384 g/mol. The fourth-order valence-electron chi connectivity index (χ4n) is 3.59. The molecule has 3 aromatic rings. The van der Waals surface area contributed by atoms with Gasteiger partial charge in [-0.05, 0) is 28.8 Å². The third-order valence-electron chi connectivity index (χ3n) is 5.04. The summed E-state index contributed by atoms with van der Waals surface area (Å²) in [6, 6.07) is 28.6. The summed E-state index contributed by atoms with van der Waals surface area (Å²) >= 11 is 0. The van der Waals surface area contributed by atoms with E-state index < -0.39 is 0 Å². The van der Waals surface area contributed by atoms with Gasteiger partial charge in [0.05, 0.1) is 25.0 Å². The molecule has 0 amide bonds. The van der Waals surface area contributed by atoms with Crippen LogP contribution >= 0.6 is 0 Å². The highest BCUT2D eigenvalue weighted by atomic mass is 16.5.